The minimum Gasteiger partial charge on any atom is -0.244 e. The Morgan fingerprint density at radius 2 is 2.25 bits per heavy atom. The molecule has 1 heterocycles. The van der Waals surface area contributed by atoms with E-state index < -0.39 is 0 Å². The summed E-state index contributed by atoms with van der Waals surface area (Å²) in [5.74, 6) is 0. The van der Waals surface area contributed by atoms with Crippen LogP contribution in [0.5, 0.6) is 0 Å². The molecule has 2 nitrogen and oxygen atoms in total. The van der Waals surface area contributed by atoms with Crippen LogP contribution in [0.15, 0.2) is 37.3 Å². The molecule has 0 bridgehead atoms. The lowest BCUT2D eigenvalue weighted by atomic mass is 10.1. The van der Waals surface area contributed by atoms with E-state index in [9.17, 15) is 0 Å². The standard InChI is InChI=1S/C10H8N2/c1-2-8-4-3-5-9-6-11-7-12-10(8)9/h2-7H,1H2. The molecule has 2 heteroatoms. The van der Waals surface area contributed by atoms with Gasteiger partial charge in [0.25, 0.3) is 0 Å². The summed E-state index contributed by atoms with van der Waals surface area (Å²) in [4.78, 5) is 8.11. The summed E-state index contributed by atoms with van der Waals surface area (Å²) < 4.78 is 0. The number of para-hydroxylation sites is 1. The van der Waals surface area contributed by atoms with Crippen LogP contribution in [0.25, 0.3) is 17.0 Å². The molecule has 1 aromatic carbocycles. The largest absolute Gasteiger partial charge is 0.244 e. The molecule has 1 aromatic heterocycles. The van der Waals surface area contributed by atoms with Crippen LogP contribution in [0.3, 0.4) is 0 Å². The van der Waals surface area contributed by atoms with Gasteiger partial charge in [-0.1, -0.05) is 30.9 Å². The fourth-order valence-electron chi connectivity index (χ4n) is 1.20. The Kier molecular flexibility index (Phi) is 1.59. The van der Waals surface area contributed by atoms with Crippen LogP contribution in [0.2, 0.25) is 0 Å². The second kappa shape index (κ2) is 2.74. The SMILES string of the molecule is C=Cc1cccc2cncnc12. The monoisotopic (exact) mass is 156 g/mol. The van der Waals surface area contributed by atoms with Crippen LogP contribution in [0.1, 0.15) is 5.56 Å². The minimum absolute atomic E-state index is 0.961. The summed E-state index contributed by atoms with van der Waals surface area (Å²) in [5, 5.41) is 1.05. The maximum atomic E-state index is 4.17. The minimum atomic E-state index is 0.961. The van der Waals surface area contributed by atoms with Crippen molar-refractivity contribution in [2.45, 2.75) is 0 Å². The number of hydrogen-bond donors (Lipinski definition) is 0. The molecule has 2 rings (SSSR count). The lowest BCUT2D eigenvalue weighted by molar-refractivity contribution is 1.22. The number of rotatable bonds is 1. The van der Waals surface area contributed by atoms with Crippen molar-refractivity contribution in [3.8, 4) is 0 Å². The molecule has 0 aliphatic carbocycles. The Balaban J connectivity index is 2.88. The first-order valence-electron chi connectivity index (χ1n) is 3.73. The zero-order valence-corrected chi connectivity index (χ0v) is 6.57. The predicted molar refractivity (Wildman–Crippen MR) is 49.6 cm³/mol. The zero-order chi connectivity index (χ0) is 8.39. The molecule has 0 spiro atoms. The van der Waals surface area contributed by atoms with E-state index in [1.165, 1.54) is 0 Å². The second-order valence-electron chi connectivity index (χ2n) is 2.51. The fourth-order valence-corrected chi connectivity index (χ4v) is 1.20. The van der Waals surface area contributed by atoms with Crippen molar-refractivity contribution >= 4 is 17.0 Å². The van der Waals surface area contributed by atoms with Crippen molar-refractivity contribution in [1.29, 1.82) is 0 Å². The van der Waals surface area contributed by atoms with E-state index in [0.717, 1.165) is 16.5 Å². The topological polar surface area (TPSA) is 25.8 Å². The summed E-state index contributed by atoms with van der Waals surface area (Å²) in [6.45, 7) is 3.72. The van der Waals surface area contributed by atoms with Gasteiger partial charge in [0.15, 0.2) is 0 Å². The third-order valence-corrected chi connectivity index (χ3v) is 1.79. The quantitative estimate of drug-likeness (QED) is 0.633. The average Bonchev–Trinajstić information content (AvgIpc) is 2.17. The van der Waals surface area contributed by atoms with Crippen molar-refractivity contribution < 1.29 is 0 Å². The number of aromatic nitrogens is 2. The van der Waals surface area contributed by atoms with E-state index in [0.29, 0.717) is 0 Å². The molecule has 12 heavy (non-hydrogen) atoms. The van der Waals surface area contributed by atoms with E-state index in [2.05, 4.69) is 16.5 Å². The first kappa shape index (κ1) is 6.98. The van der Waals surface area contributed by atoms with Gasteiger partial charge in [0.2, 0.25) is 0 Å². The molecule has 0 unspecified atom stereocenters. The Morgan fingerprint density at radius 3 is 3.08 bits per heavy atom. The van der Waals surface area contributed by atoms with Crippen LogP contribution in [0, 0.1) is 0 Å². The fraction of sp³-hybridized carbons (Fsp3) is 0. The Morgan fingerprint density at radius 1 is 1.33 bits per heavy atom. The van der Waals surface area contributed by atoms with E-state index >= 15 is 0 Å². The van der Waals surface area contributed by atoms with Crippen LogP contribution < -0.4 is 0 Å². The second-order valence-corrected chi connectivity index (χ2v) is 2.51. The molecular weight excluding hydrogens is 148 g/mol. The van der Waals surface area contributed by atoms with Crippen molar-refractivity contribution in [2.24, 2.45) is 0 Å². The molecule has 0 N–H and O–H groups in total. The van der Waals surface area contributed by atoms with Gasteiger partial charge >= 0.3 is 0 Å². The molecule has 0 aliphatic heterocycles. The van der Waals surface area contributed by atoms with Crippen LogP contribution in [0.4, 0.5) is 0 Å². The molecule has 0 atom stereocenters. The van der Waals surface area contributed by atoms with Crippen molar-refractivity contribution in [2.75, 3.05) is 0 Å². The highest BCUT2D eigenvalue weighted by molar-refractivity contribution is 5.85. The summed E-state index contributed by atoms with van der Waals surface area (Å²) >= 11 is 0. The van der Waals surface area contributed by atoms with E-state index in [1.54, 1.807) is 18.6 Å². The smallest absolute Gasteiger partial charge is 0.116 e. The Labute approximate surface area is 70.6 Å². The number of hydrogen-bond acceptors (Lipinski definition) is 2. The Hall–Kier alpha value is -1.70. The van der Waals surface area contributed by atoms with Crippen molar-refractivity contribution in [1.82, 2.24) is 9.97 Å². The molecule has 58 valence electrons. The molecule has 2 aromatic rings. The van der Waals surface area contributed by atoms with E-state index in [4.69, 9.17) is 0 Å². The number of fused-ring (bicyclic) bond motifs is 1. The van der Waals surface area contributed by atoms with Gasteiger partial charge < -0.3 is 0 Å². The third kappa shape index (κ3) is 0.975. The van der Waals surface area contributed by atoms with Gasteiger partial charge in [-0.3, -0.25) is 0 Å². The van der Waals surface area contributed by atoms with E-state index in [1.807, 2.05) is 18.2 Å². The number of benzene rings is 1. The highest BCUT2D eigenvalue weighted by atomic mass is 14.8. The van der Waals surface area contributed by atoms with Crippen LogP contribution in [-0.4, -0.2) is 9.97 Å². The van der Waals surface area contributed by atoms with E-state index in [-0.39, 0.29) is 0 Å². The summed E-state index contributed by atoms with van der Waals surface area (Å²) in [6.07, 6.45) is 5.15. The van der Waals surface area contributed by atoms with Gasteiger partial charge in [-0.15, -0.1) is 0 Å². The average molecular weight is 156 g/mol. The molecule has 0 saturated heterocycles. The molecule has 0 radical (unpaired) electrons. The zero-order valence-electron chi connectivity index (χ0n) is 6.57. The molecule has 0 saturated carbocycles. The van der Waals surface area contributed by atoms with Gasteiger partial charge in [-0.25, -0.2) is 9.97 Å². The summed E-state index contributed by atoms with van der Waals surface area (Å²) in [5.41, 5.74) is 2.01. The van der Waals surface area contributed by atoms with Gasteiger partial charge in [-0.2, -0.15) is 0 Å². The molecule has 0 amide bonds. The lowest BCUT2D eigenvalue weighted by Crippen LogP contribution is -1.83. The summed E-state index contributed by atoms with van der Waals surface area (Å²) in [7, 11) is 0. The van der Waals surface area contributed by atoms with Gasteiger partial charge in [0.05, 0.1) is 5.52 Å². The van der Waals surface area contributed by atoms with Crippen molar-refractivity contribution in [3.63, 3.8) is 0 Å². The maximum Gasteiger partial charge on any atom is 0.116 e. The van der Waals surface area contributed by atoms with Crippen LogP contribution >= 0.6 is 0 Å². The highest BCUT2D eigenvalue weighted by Gasteiger charge is 1.96. The maximum absolute atomic E-state index is 4.17. The van der Waals surface area contributed by atoms with Gasteiger partial charge in [0, 0.05) is 17.1 Å². The van der Waals surface area contributed by atoms with Crippen LogP contribution in [-0.2, 0) is 0 Å². The molecular formula is C10H8N2. The normalized spacial score (nSPS) is 10.0. The number of nitrogens with zero attached hydrogens (tertiary/aromatic N) is 2. The first-order chi connectivity index (χ1) is 5.92. The van der Waals surface area contributed by atoms with Gasteiger partial charge in [-0.05, 0) is 0 Å². The first-order valence-corrected chi connectivity index (χ1v) is 3.73. The molecule has 0 aliphatic rings. The molecule has 0 fully saturated rings. The van der Waals surface area contributed by atoms with Gasteiger partial charge in [0.1, 0.15) is 6.33 Å². The lowest BCUT2D eigenvalue weighted by Gasteiger charge is -1.98. The summed E-state index contributed by atoms with van der Waals surface area (Å²) in [6, 6.07) is 5.95. The highest BCUT2D eigenvalue weighted by Crippen LogP contribution is 2.15. The Bertz CT molecular complexity index is 416. The predicted octanol–water partition coefficient (Wildman–Crippen LogP) is 2.27. The van der Waals surface area contributed by atoms with Crippen molar-refractivity contribution in [3.05, 3.63) is 42.9 Å². The third-order valence-electron chi connectivity index (χ3n) is 1.79.